The van der Waals surface area contributed by atoms with Gasteiger partial charge < -0.3 is 4.74 Å². The van der Waals surface area contributed by atoms with E-state index >= 15 is 0 Å². The average molecular weight is 248 g/mol. The van der Waals surface area contributed by atoms with Crippen LogP contribution in [0.3, 0.4) is 0 Å². The number of nitro groups is 1. The molecule has 0 spiro atoms. The molecule has 0 heterocycles. The number of esters is 1. The van der Waals surface area contributed by atoms with E-state index in [0.29, 0.717) is 0 Å². The summed E-state index contributed by atoms with van der Waals surface area (Å²) in [6.07, 6.45) is 0. The van der Waals surface area contributed by atoms with Crippen molar-refractivity contribution in [2.75, 3.05) is 6.61 Å². The summed E-state index contributed by atoms with van der Waals surface area (Å²) in [7, 11) is 0. The first-order valence-corrected chi connectivity index (χ1v) is 5.32. The zero-order valence-electron chi connectivity index (χ0n) is 10.0. The first-order valence-electron chi connectivity index (χ1n) is 5.32. The maximum absolute atomic E-state index is 11.6. The summed E-state index contributed by atoms with van der Waals surface area (Å²) in [4.78, 5) is 21.9. The Bertz CT molecular complexity index is 519. The first-order chi connectivity index (χ1) is 8.51. The van der Waals surface area contributed by atoms with Gasteiger partial charge >= 0.3 is 5.97 Å². The molecule has 0 bridgehead atoms. The average Bonchev–Trinajstić information content (AvgIpc) is 2.30. The van der Waals surface area contributed by atoms with Crippen LogP contribution >= 0.6 is 0 Å². The molecule has 1 aromatic rings. The summed E-state index contributed by atoms with van der Waals surface area (Å²) in [5.74, 6) is -2.04. The van der Waals surface area contributed by atoms with Crippen molar-refractivity contribution in [1.82, 2.24) is 0 Å². The Morgan fingerprint density at radius 3 is 2.78 bits per heavy atom. The standard InChI is InChI=1S/C12H12N2O4/c1-3-18-12(15)10(7-13)9-6-8(2)4-5-11(9)14(16)17/h4-6,10H,3H2,1-2H3. The van der Waals surface area contributed by atoms with Gasteiger partial charge in [0.25, 0.3) is 5.69 Å². The lowest BCUT2D eigenvalue weighted by molar-refractivity contribution is -0.385. The number of nitrogens with zero attached hydrogens (tertiary/aromatic N) is 2. The number of nitro benzene ring substituents is 1. The van der Waals surface area contributed by atoms with Gasteiger partial charge in [0.1, 0.15) is 0 Å². The first kappa shape index (κ1) is 13.6. The second-order valence-corrected chi connectivity index (χ2v) is 3.63. The van der Waals surface area contributed by atoms with Crippen molar-refractivity contribution in [3.8, 4) is 6.07 Å². The number of hydrogen-bond acceptors (Lipinski definition) is 5. The summed E-state index contributed by atoms with van der Waals surface area (Å²) in [5.41, 5.74) is 0.557. The van der Waals surface area contributed by atoms with Gasteiger partial charge in [0.15, 0.2) is 5.92 Å². The van der Waals surface area contributed by atoms with E-state index in [1.165, 1.54) is 12.1 Å². The molecular weight excluding hydrogens is 236 g/mol. The summed E-state index contributed by atoms with van der Waals surface area (Å²) in [5, 5.41) is 19.9. The van der Waals surface area contributed by atoms with Crippen molar-refractivity contribution < 1.29 is 14.5 Å². The number of hydrogen-bond donors (Lipinski definition) is 0. The monoisotopic (exact) mass is 248 g/mol. The SMILES string of the molecule is CCOC(=O)C(C#N)c1cc(C)ccc1[N+](=O)[O-]. The van der Waals surface area contributed by atoms with Crippen molar-refractivity contribution in [2.45, 2.75) is 19.8 Å². The number of aryl methyl sites for hydroxylation is 1. The Morgan fingerprint density at radius 1 is 1.61 bits per heavy atom. The number of benzene rings is 1. The van der Waals surface area contributed by atoms with Gasteiger partial charge in [-0.3, -0.25) is 14.9 Å². The van der Waals surface area contributed by atoms with Crippen LogP contribution in [-0.4, -0.2) is 17.5 Å². The minimum absolute atomic E-state index is 0.0703. The van der Waals surface area contributed by atoms with E-state index in [-0.39, 0.29) is 17.9 Å². The molecule has 94 valence electrons. The molecule has 1 rings (SSSR count). The third kappa shape index (κ3) is 2.83. The minimum Gasteiger partial charge on any atom is -0.465 e. The van der Waals surface area contributed by atoms with Crippen LogP contribution < -0.4 is 0 Å². The van der Waals surface area contributed by atoms with Crippen LogP contribution in [0, 0.1) is 28.4 Å². The predicted molar refractivity (Wildman–Crippen MR) is 62.8 cm³/mol. The number of carbonyl (C=O) groups excluding carboxylic acids is 1. The fourth-order valence-electron chi connectivity index (χ4n) is 1.55. The van der Waals surface area contributed by atoms with Gasteiger partial charge in [-0.25, -0.2) is 0 Å². The van der Waals surface area contributed by atoms with Crippen molar-refractivity contribution >= 4 is 11.7 Å². The number of nitriles is 1. The van der Waals surface area contributed by atoms with Crippen molar-refractivity contribution in [3.63, 3.8) is 0 Å². The second kappa shape index (κ2) is 5.77. The van der Waals surface area contributed by atoms with E-state index in [1.54, 1.807) is 26.0 Å². The lowest BCUT2D eigenvalue weighted by Gasteiger charge is -2.09. The van der Waals surface area contributed by atoms with Crippen LogP contribution in [0.15, 0.2) is 18.2 Å². The summed E-state index contributed by atoms with van der Waals surface area (Å²) in [6, 6.07) is 6.05. The molecule has 0 amide bonds. The van der Waals surface area contributed by atoms with E-state index < -0.39 is 16.8 Å². The largest absolute Gasteiger partial charge is 0.465 e. The Kier molecular flexibility index (Phi) is 4.38. The molecule has 0 saturated heterocycles. The van der Waals surface area contributed by atoms with Crippen LogP contribution in [-0.2, 0) is 9.53 Å². The van der Waals surface area contributed by atoms with E-state index in [2.05, 4.69) is 0 Å². The molecule has 0 aromatic heterocycles. The Balaban J connectivity index is 3.28. The molecule has 0 fully saturated rings. The zero-order valence-corrected chi connectivity index (χ0v) is 10.0. The van der Waals surface area contributed by atoms with Crippen molar-refractivity contribution in [3.05, 3.63) is 39.4 Å². The number of ether oxygens (including phenoxy) is 1. The highest BCUT2D eigenvalue weighted by molar-refractivity contribution is 5.83. The predicted octanol–water partition coefficient (Wildman–Crippen LogP) is 2.07. The van der Waals surface area contributed by atoms with Gasteiger partial charge in [-0.05, 0) is 19.9 Å². The number of carbonyl (C=O) groups is 1. The van der Waals surface area contributed by atoms with Crippen LogP contribution in [0.1, 0.15) is 24.0 Å². The van der Waals surface area contributed by atoms with Gasteiger partial charge in [-0.2, -0.15) is 5.26 Å². The third-order valence-corrected chi connectivity index (χ3v) is 2.34. The number of rotatable bonds is 4. The molecule has 0 aliphatic rings. The molecule has 0 N–H and O–H groups in total. The third-order valence-electron chi connectivity index (χ3n) is 2.34. The maximum Gasteiger partial charge on any atom is 0.328 e. The zero-order chi connectivity index (χ0) is 13.7. The highest BCUT2D eigenvalue weighted by Crippen LogP contribution is 2.28. The maximum atomic E-state index is 11.6. The van der Waals surface area contributed by atoms with Crippen LogP contribution in [0.4, 0.5) is 5.69 Å². The van der Waals surface area contributed by atoms with E-state index in [0.717, 1.165) is 5.56 Å². The Hall–Kier alpha value is -2.42. The minimum atomic E-state index is -1.27. The van der Waals surface area contributed by atoms with Gasteiger partial charge in [0, 0.05) is 6.07 Å². The fourth-order valence-corrected chi connectivity index (χ4v) is 1.55. The van der Waals surface area contributed by atoms with Gasteiger partial charge in [-0.1, -0.05) is 11.6 Å². The normalized spacial score (nSPS) is 11.4. The summed E-state index contributed by atoms with van der Waals surface area (Å²) in [6.45, 7) is 3.46. The molecule has 1 unspecified atom stereocenters. The lowest BCUT2D eigenvalue weighted by Crippen LogP contribution is -2.16. The molecule has 6 nitrogen and oxygen atoms in total. The molecule has 18 heavy (non-hydrogen) atoms. The Morgan fingerprint density at radius 2 is 2.28 bits per heavy atom. The topological polar surface area (TPSA) is 93.2 Å². The summed E-state index contributed by atoms with van der Waals surface area (Å²) >= 11 is 0. The van der Waals surface area contributed by atoms with E-state index in [4.69, 9.17) is 10.00 Å². The fraction of sp³-hybridized carbons (Fsp3) is 0.333. The molecular formula is C12H12N2O4. The Labute approximate surface area is 104 Å². The van der Waals surface area contributed by atoms with Gasteiger partial charge in [0.05, 0.1) is 23.2 Å². The van der Waals surface area contributed by atoms with E-state index in [1.807, 2.05) is 0 Å². The lowest BCUT2D eigenvalue weighted by atomic mass is 9.97. The van der Waals surface area contributed by atoms with Crippen LogP contribution in [0.25, 0.3) is 0 Å². The quantitative estimate of drug-likeness (QED) is 0.462. The van der Waals surface area contributed by atoms with Crippen LogP contribution in [0.5, 0.6) is 0 Å². The van der Waals surface area contributed by atoms with E-state index in [9.17, 15) is 14.9 Å². The smallest absolute Gasteiger partial charge is 0.328 e. The van der Waals surface area contributed by atoms with Gasteiger partial charge in [-0.15, -0.1) is 0 Å². The molecule has 1 aromatic carbocycles. The molecule has 6 heteroatoms. The highest BCUT2D eigenvalue weighted by Gasteiger charge is 2.29. The molecule has 0 radical (unpaired) electrons. The molecule has 1 atom stereocenters. The van der Waals surface area contributed by atoms with Gasteiger partial charge in [0.2, 0.25) is 0 Å². The highest BCUT2D eigenvalue weighted by atomic mass is 16.6. The van der Waals surface area contributed by atoms with Crippen LogP contribution in [0.2, 0.25) is 0 Å². The second-order valence-electron chi connectivity index (χ2n) is 3.63. The molecule has 0 aliphatic carbocycles. The summed E-state index contributed by atoms with van der Waals surface area (Å²) < 4.78 is 4.74. The molecule has 0 saturated carbocycles. The van der Waals surface area contributed by atoms with Crippen molar-refractivity contribution in [1.29, 1.82) is 5.26 Å². The van der Waals surface area contributed by atoms with Crippen molar-refractivity contribution in [2.24, 2.45) is 0 Å². The molecule has 0 aliphatic heterocycles.